The van der Waals surface area contributed by atoms with Gasteiger partial charge in [0.15, 0.2) is 11.5 Å². The third-order valence-corrected chi connectivity index (χ3v) is 5.13. The van der Waals surface area contributed by atoms with Crippen molar-refractivity contribution >= 4 is 40.6 Å². The molecule has 1 aromatic heterocycles. The van der Waals surface area contributed by atoms with Gasteiger partial charge >= 0.3 is 6.18 Å². The van der Waals surface area contributed by atoms with Gasteiger partial charge in [-0.25, -0.2) is 9.67 Å². The van der Waals surface area contributed by atoms with Crippen LogP contribution in [0.2, 0.25) is 10.0 Å². The molecule has 2 unspecified atom stereocenters. The van der Waals surface area contributed by atoms with Crippen LogP contribution in [0.5, 0.6) is 0 Å². The van der Waals surface area contributed by atoms with Crippen LogP contribution in [0, 0.1) is 5.92 Å². The summed E-state index contributed by atoms with van der Waals surface area (Å²) >= 11 is 12.1. The van der Waals surface area contributed by atoms with Crippen molar-refractivity contribution in [2.45, 2.75) is 45.5 Å². The number of halogens is 5. The smallest absolute Gasteiger partial charge is 0.351 e. The van der Waals surface area contributed by atoms with Gasteiger partial charge < -0.3 is 5.32 Å². The molecule has 29 heavy (non-hydrogen) atoms. The zero-order chi connectivity index (χ0) is 21.7. The second kappa shape index (κ2) is 7.32. The quantitative estimate of drug-likeness (QED) is 0.667. The van der Waals surface area contributed by atoms with Gasteiger partial charge in [-0.3, -0.25) is 4.79 Å². The minimum Gasteiger partial charge on any atom is -0.351 e. The summed E-state index contributed by atoms with van der Waals surface area (Å²) < 4.78 is 40.9. The second-order valence-corrected chi connectivity index (χ2v) is 8.73. The molecule has 1 aliphatic rings. The molecule has 0 bridgehead atoms. The number of rotatable bonds is 2. The van der Waals surface area contributed by atoms with Crippen LogP contribution in [0.3, 0.4) is 0 Å². The van der Waals surface area contributed by atoms with Crippen molar-refractivity contribution in [3.05, 3.63) is 45.6 Å². The predicted octanol–water partition coefficient (Wildman–Crippen LogP) is 5.44. The highest BCUT2D eigenvalue weighted by molar-refractivity contribution is 6.42. The lowest BCUT2D eigenvalue weighted by Gasteiger charge is -2.33. The van der Waals surface area contributed by atoms with Gasteiger partial charge in [0, 0.05) is 17.3 Å². The molecule has 2 aromatic rings. The Hall–Kier alpha value is -2.06. The predicted molar refractivity (Wildman–Crippen MR) is 106 cm³/mol. The Morgan fingerprint density at radius 3 is 2.34 bits per heavy atom. The highest BCUT2D eigenvalue weighted by Crippen LogP contribution is 2.41. The van der Waals surface area contributed by atoms with Crippen LogP contribution in [-0.2, 0) is 11.0 Å². The van der Waals surface area contributed by atoms with Crippen molar-refractivity contribution in [3.8, 4) is 0 Å². The van der Waals surface area contributed by atoms with Gasteiger partial charge in [0.2, 0.25) is 5.91 Å². The zero-order valence-corrected chi connectivity index (χ0v) is 17.6. The number of carbonyl (C=O) groups is 1. The molecule has 2 heterocycles. The maximum atomic E-state index is 13.3. The molecule has 0 saturated carbocycles. The van der Waals surface area contributed by atoms with Crippen molar-refractivity contribution in [2.75, 3.05) is 0 Å². The Kier molecular flexibility index (Phi) is 5.47. The Labute approximate surface area is 175 Å². The fraction of sp³-hybridized carbons (Fsp3) is 0.421. The molecule has 0 saturated heterocycles. The van der Waals surface area contributed by atoms with Gasteiger partial charge in [0.25, 0.3) is 0 Å². The molecular weight excluding hydrogens is 428 g/mol. The van der Waals surface area contributed by atoms with Gasteiger partial charge in [-0.2, -0.15) is 18.3 Å². The lowest BCUT2D eigenvalue weighted by Crippen LogP contribution is -2.49. The first kappa shape index (κ1) is 21.6. The molecule has 0 radical (unpaired) electrons. The molecule has 5 nitrogen and oxygen atoms in total. The molecule has 3 rings (SSSR count). The summed E-state index contributed by atoms with van der Waals surface area (Å²) in [6.07, 6.45) is -4.64. The Morgan fingerprint density at radius 2 is 1.79 bits per heavy atom. The van der Waals surface area contributed by atoms with Crippen molar-refractivity contribution in [3.63, 3.8) is 0 Å². The number of hydrogen-bond donors (Lipinski definition) is 1. The van der Waals surface area contributed by atoms with Gasteiger partial charge in [-0.1, -0.05) is 29.3 Å². The Morgan fingerprint density at radius 1 is 1.14 bits per heavy atom. The molecule has 1 aromatic carbocycles. The minimum atomic E-state index is -4.64. The van der Waals surface area contributed by atoms with Crippen LogP contribution in [0.25, 0.3) is 0 Å². The number of nitrogens with one attached hydrogen (secondary N) is 1. The molecule has 0 aliphatic carbocycles. The van der Waals surface area contributed by atoms with Crippen LogP contribution in [0.1, 0.15) is 45.0 Å². The monoisotopic (exact) mass is 446 g/mol. The van der Waals surface area contributed by atoms with Gasteiger partial charge in [0.1, 0.15) is 5.92 Å². The number of aliphatic imine (C=N–C) groups is 1. The number of nitrogens with zero attached hydrogens (tertiary/aromatic N) is 3. The number of fused-ring (bicyclic) bond motifs is 1. The van der Waals surface area contributed by atoms with E-state index in [2.05, 4.69) is 15.4 Å². The number of carbonyl (C=O) groups excluding carboxylic acids is 1. The highest BCUT2D eigenvalue weighted by Gasteiger charge is 2.42. The van der Waals surface area contributed by atoms with E-state index in [1.54, 1.807) is 13.0 Å². The zero-order valence-electron chi connectivity index (χ0n) is 16.1. The molecule has 2 atom stereocenters. The molecule has 10 heteroatoms. The maximum absolute atomic E-state index is 13.3. The van der Waals surface area contributed by atoms with Crippen LogP contribution < -0.4 is 5.32 Å². The normalized spacial score (nSPS) is 19.6. The van der Waals surface area contributed by atoms with E-state index in [0.29, 0.717) is 16.3 Å². The summed E-state index contributed by atoms with van der Waals surface area (Å²) in [5.41, 5.74) is -0.739. The van der Waals surface area contributed by atoms with E-state index in [1.165, 1.54) is 12.1 Å². The molecular formula is C19H19Cl2F3N4O. The molecule has 1 N–H and O–H groups in total. The lowest BCUT2D eigenvalue weighted by molar-refractivity contribution is -0.141. The van der Waals surface area contributed by atoms with E-state index in [1.807, 2.05) is 20.8 Å². The Bertz CT molecular complexity index is 992. The number of aromatic nitrogens is 2. The SMILES string of the molecule is CC1=Nc2cc(C(F)(F)F)nn2C(c2ccc(Cl)c(Cl)c2)C1C(=O)NC(C)(C)C. The average molecular weight is 447 g/mol. The van der Waals surface area contributed by atoms with Crippen molar-refractivity contribution < 1.29 is 18.0 Å². The Balaban J connectivity index is 2.18. The fourth-order valence-corrected chi connectivity index (χ4v) is 3.55. The first-order valence-electron chi connectivity index (χ1n) is 8.77. The van der Waals surface area contributed by atoms with E-state index in [9.17, 15) is 18.0 Å². The molecule has 0 fully saturated rings. The first-order valence-corrected chi connectivity index (χ1v) is 9.52. The van der Waals surface area contributed by atoms with E-state index >= 15 is 0 Å². The lowest BCUT2D eigenvalue weighted by atomic mass is 9.87. The summed E-state index contributed by atoms with van der Waals surface area (Å²) in [5, 5.41) is 7.12. The maximum Gasteiger partial charge on any atom is 0.435 e. The minimum absolute atomic E-state index is 0.0192. The topological polar surface area (TPSA) is 59.3 Å². The fourth-order valence-electron chi connectivity index (χ4n) is 3.24. The van der Waals surface area contributed by atoms with Crippen LogP contribution in [0.4, 0.5) is 19.0 Å². The van der Waals surface area contributed by atoms with Crippen molar-refractivity contribution in [1.29, 1.82) is 0 Å². The van der Waals surface area contributed by atoms with Gasteiger partial charge in [-0.05, 0) is 45.4 Å². The number of benzene rings is 1. The summed E-state index contributed by atoms with van der Waals surface area (Å²) in [7, 11) is 0. The van der Waals surface area contributed by atoms with Gasteiger partial charge in [0.05, 0.1) is 16.1 Å². The molecule has 156 valence electrons. The van der Waals surface area contributed by atoms with E-state index in [-0.39, 0.29) is 16.7 Å². The third kappa shape index (κ3) is 4.43. The summed E-state index contributed by atoms with van der Waals surface area (Å²) in [6.45, 7) is 7.06. The largest absolute Gasteiger partial charge is 0.435 e. The van der Waals surface area contributed by atoms with Gasteiger partial charge in [-0.15, -0.1) is 0 Å². The second-order valence-electron chi connectivity index (χ2n) is 7.92. The van der Waals surface area contributed by atoms with E-state index < -0.39 is 29.4 Å². The standard InChI is InChI=1S/C19H19Cl2F3N4O/c1-9-15(17(29)26-18(2,3)4)16(10-5-6-11(20)12(21)7-10)28-14(25-9)8-13(27-28)19(22,23)24/h5-8,15-16H,1-4H3,(H,26,29). The van der Waals surface area contributed by atoms with Crippen molar-refractivity contribution in [1.82, 2.24) is 15.1 Å². The van der Waals surface area contributed by atoms with Crippen LogP contribution in [-0.4, -0.2) is 26.9 Å². The summed E-state index contributed by atoms with van der Waals surface area (Å²) in [6, 6.07) is 4.69. The highest BCUT2D eigenvalue weighted by atomic mass is 35.5. The van der Waals surface area contributed by atoms with E-state index in [4.69, 9.17) is 23.2 Å². The first-order chi connectivity index (χ1) is 13.3. The average Bonchev–Trinajstić information content (AvgIpc) is 2.98. The molecule has 1 amide bonds. The summed E-state index contributed by atoms with van der Waals surface area (Å²) in [5.74, 6) is -1.23. The molecule has 0 spiro atoms. The number of hydrogen-bond acceptors (Lipinski definition) is 3. The van der Waals surface area contributed by atoms with Crippen LogP contribution >= 0.6 is 23.2 Å². The number of alkyl halides is 3. The third-order valence-electron chi connectivity index (χ3n) is 4.39. The van der Waals surface area contributed by atoms with E-state index in [0.717, 1.165) is 10.7 Å². The number of amides is 1. The van der Waals surface area contributed by atoms with Crippen LogP contribution in [0.15, 0.2) is 29.3 Å². The summed E-state index contributed by atoms with van der Waals surface area (Å²) in [4.78, 5) is 17.3. The van der Waals surface area contributed by atoms with Crippen molar-refractivity contribution in [2.24, 2.45) is 10.9 Å². The molecule has 1 aliphatic heterocycles.